The molecule has 1 N–H and O–H groups in total. The monoisotopic (exact) mass is 289 g/mol. The van der Waals surface area contributed by atoms with Crippen molar-refractivity contribution in [3.05, 3.63) is 41.5 Å². The third kappa shape index (κ3) is 5.19. The average Bonchev–Trinajstić information content (AvgIpc) is 2.95. The molecule has 114 valence electrons. The Labute approximate surface area is 125 Å². The number of nitrogens with zero attached hydrogens (tertiary/aromatic N) is 2. The van der Waals surface area contributed by atoms with E-state index in [2.05, 4.69) is 41.4 Å². The summed E-state index contributed by atoms with van der Waals surface area (Å²) in [5.74, 6) is 2.08. The van der Waals surface area contributed by atoms with Crippen molar-refractivity contribution in [1.29, 1.82) is 0 Å². The van der Waals surface area contributed by atoms with Gasteiger partial charge in [0, 0.05) is 13.0 Å². The van der Waals surface area contributed by atoms with Crippen LogP contribution in [0.3, 0.4) is 0 Å². The van der Waals surface area contributed by atoms with E-state index >= 15 is 0 Å². The molecule has 0 aliphatic heterocycles. The van der Waals surface area contributed by atoms with Crippen LogP contribution in [-0.2, 0) is 19.6 Å². The lowest BCUT2D eigenvalue weighted by Crippen LogP contribution is -2.13. The van der Waals surface area contributed by atoms with E-state index in [1.807, 2.05) is 12.1 Å². The summed E-state index contributed by atoms with van der Waals surface area (Å²) < 4.78 is 10.8. The number of ether oxygens (including phenoxy) is 1. The van der Waals surface area contributed by atoms with Crippen LogP contribution in [-0.4, -0.2) is 16.7 Å². The minimum absolute atomic E-state index is 0.334. The van der Waals surface area contributed by atoms with E-state index in [4.69, 9.17) is 9.26 Å². The molecule has 0 radical (unpaired) electrons. The molecule has 0 aliphatic carbocycles. The van der Waals surface area contributed by atoms with E-state index in [0.29, 0.717) is 18.3 Å². The number of hydrogen-bond acceptors (Lipinski definition) is 5. The van der Waals surface area contributed by atoms with Gasteiger partial charge < -0.3 is 14.6 Å². The van der Waals surface area contributed by atoms with E-state index in [1.54, 1.807) is 0 Å². The number of aryl methyl sites for hydroxylation is 1. The van der Waals surface area contributed by atoms with Crippen molar-refractivity contribution in [3.63, 3.8) is 0 Å². The largest absolute Gasteiger partial charge is 0.485 e. The maximum Gasteiger partial charge on any atom is 0.226 e. The summed E-state index contributed by atoms with van der Waals surface area (Å²) in [7, 11) is 0. The topological polar surface area (TPSA) is 60.2 Å². The van der Waals surface area contributed by atoms with Gasteiger partial charge in [0.15, 0.2) is 6.61 Å². The van der Waals surface area contributed by atoms with Crippen LogP contribution in [0.1, 0.15) is 44.0 Å². The highest BCUT2D eigenvalue weighted by molar-refractivity contribution is 5.27. The maximum absolute atomic E-state index is 5.66. The summed E-state index contributed by atoms with van der Waals surface area (Å²) in [6.07, 6.45) is 2.95. The van der Waals surface area contributed by atoms with Gasteiger partial charge >= 0.3 is 0 Å². The number of hydrogen-bond donors (Lipinski definition) is 1. The molecule has 5 nitrogen and oxygen atoms in total. The SMILES string of the molecule is CCCNCc1ccc(OCc2noc(CCC)n2)cc1. The maximum atomic E-state index is 5.66. The van der Waals surface area contributed by atoms with Crippen molar-refractivity contribution in [1.82, 2.24) is 15.5 Å². The Balaban J connectivity index is 1.79. The lowest BCUT2D eigenvalue weighted by Gasteiger charge is -2.06. The van der Waals surface area contributed by atoms with Crippen LogP contribution in [0.15, 0.2) is 28.8 Å². The Morgan fingerprint density at radius 2 is 1.95 bits per heavy atom. The zero-order valence-electron chi connectivity index (χ0n) is 12.8. The third-order valence-corrected chi connectivity index (χ3v) is 3.02. The zero-order valence-corrected chi connectivity index (χ0v) is 12.8. The molecule has 1 aromatic carbocycles. The summed E-state index contributed by atoms with van der Waals surface area (Å²) in [6, 6.07) is 8.07. The Bertz CT molecular complexity index is 523. The highest BCUT2D eigenvalue weighted by Crippen LogP contribution is 2.13. The molecule has 1 aromatic heterocycles. The lowest BCUT2D eigenvalue weighted by molar-refractivity contribution is 0.285. The van der Waals surface area contributed by atoms with Crippen LogP contribution in [0.2, 0.25) is 0 Å². The summed E-state index contributed by atoms with van der Waals surface area (Å²) in [4.78, 5) is 4.27. The van der Waals surface area contributed by atoms with Gasteiger partial charge in [0.2, 0.25) is 11.7 Å². The standard InChI is InChI=1S/C16H23N3O2/c1-3-5-16-18-15(19-21-16)12-20-14-8-6-13(7-9-14)11-17-10-4-2/h6-9,17H,3-5,10-12H2,1-2H3. The van der Waals surface area contributed by atoms with Crippen LogP contribution in [0.4, 0.5) is 0 Å². The first-order chi connectivity index (χ1) is 10.3. The molecule has 0 bridgehead atoms. The van der Waals surface area contributed by atoms with Gasteiger partial charge in [-0.1, -0.05) is 31.1 Å². The van der Waals surface area contributed by atoms with Crippen molar-refractivity contribution in [3.8, 4) is 5.75 Å². The van der Waals surface area contributed by atoms with Crippen LogP contribution in [0.25, 0.3) is 0 Å². The van der Waals surface area contributed by atoms with E-state index < -0.39 is 0 Å². The molecule has 0 fully saturated rings. The Morgan fingerprint density at radius 3 is 2.67 bits per heavy atom. The first-order valence-corrected chi connectivity index (χ1v) is 7.55. The molecule has 0 spiro atoms. The Kier molecular flexibility index (Phi) is 6.22. The summed E-state index contributed by atoms with van der Waals surface area (Å²) in [5.41, 5.74) is 1.25. The summed E-state index contributed by atoms with van der Waals surface area (Å²) in [5, 5.41) is 7.27. The highest BCUT2D eigenvalue weighted by Gasteiger charge is 2.06. The zero-order chi connectivity index (χ0) is 14.9. The van der Waals surface area contributed by atoms with Gasteiger partial charge in [0.25, 0.3) is 0 Å². The van der Waals surface area contributed by atoms with E-state index in [1.165, 1.54) is 5.56 Å². The van der Waals surface area contributed by atoms with Gasteiger partial charge in [-0.3, -0.25) is 0 Å². The first kappa shape index (κ1) is 15.5. The third-order valence-electron chi connectivity index (χ3n) is 3.02. The molecular weight excluding hydrogens is 266 g/mol. The van der Waals surface area contributed by atoms with Crippen LogP contribution < -0.4 is 10.1 Å². The Hall–Kier alpha value is -1.88. The van der Waals surface area contributed by atoms with Crippen LogP contribution in [0.5, 0.6) is 5.75 Å². The van der Waals surface area contributed by atoms with Crippen molar-refractivity contribution >= 4 is 0 Å². The fourth-order valence-corrected chi connectivity index (χ4v) is 1.93. The molecule has 1 heterocycles. The molecule has 5 heteroatoms. The second-order valence-corrected chi connectivity index (χ2v) is 4.96. The van der Waals surface area contributed by atoms with Gasteiger partial charge in [0.05, 0.1) is 0 Å². The number of benzene rings is 1. The highest BCUT2D eigenvalue weighted by atomic mass is 16.5. The lowest BCUT2D eigenvalue weighted by atomic mass is 10.2. The normalized spacial score (nSPS) is 10.8. The summed E-state index contributed by atoms with van der Waals surface area (Å²) in [6.45, 7) is 6.50. The van der Waals surface area contributed by atoms with Crippen LogP contribution in [0, 0.1) is 0 Å². The molecule has 21 heavy (non-hydrogen) atoms. The minimum atomic E-state index is 0.334. The number of aromatic nitrogens is 2. The van der Waals surface area contributed by atoms with Crippen LogP contribution >= 0.6 is 0 Å². The van der Waals surface area contributed by atoms with Gasteiger partial charge in [-0.2, -0.15) is 4.98 Å². The molecule has 2 rings (SSSR count). The molecule has 0 saturated carbocycles. The summed E-state index contributed by atoms with van der Waals surface area (Å²) >= 11 is 0. The fourth-order valence-electron chi connectivity index (χ4n) is 1.93. The van der Waals surface area contributed by atoms with Crippen molar-refractivity contribution in [2.45, 2.75) is 46.3 Å². The average molecular weight is 289 g/mol. The molecule has 0 amide bonds. The molecule has 0 saturated heterocycles. The fraction of sp³-hybridized carbons (Fsp3) is 0.500. The predicted octanol–water partition coefficient (Wildman–Crippen LogP) is 3.10. The van der Waals surface area contributed by atoms with Crippen molar-refractivity contribution < 1.29 is 9.26 Å². The molecular formula is C16H23N3O2. The molecule has 0 aliphatic rings. The smallest absolute Gasteiger partial charge is 0.226 e. The van der Waals surface area contributed by atoms with E-state index in [-0.39, 0.29) is 0 Å². The first-order valence-electron chi connectivity index (χ1n) is 7.55. The number of nitrogens with one attached hydrogen (secondary N) is 1. The van der Waals surface area contributed by atoms with Gasteiger partial charge in [-0.15, -0.1) is 0 Å². The van der Waals surface area contributed by atoms with E-state index in [9.17, 15) is 0 Å². The predicted molar refractivity (Wildman–Crippen MR) is 81.1 cm³/mol. The van der Waals surface area contributed by atoms with Gasteiger partial charge in [-0.05, 0) is 37.1 Å². The van der Waals surface area contributed by atoms with Gasteiger partial charge in [0.1, 0.15) is 5.75 Å². The molecule has 0 atom stereocenters. The second-order valence-electron chi connectivity index (χ2n) is 4.96. The molecule has 0 unspecified atom stereocenters. The van der Waals surface area contributed by atoms with Crippen molar-refractivity contribution in [2.75, 3.05) is 6.54 Å². The van der Waals surface area contributed by atoms with Gasteiger partial charge in [-0.25, -0.2) is 0 Å². The quantitative estimate of drug-likeness (QED) is 0.719. The van der Waals surface area contributed by atoms with E-state index in [0.717, 1.165) is 38.1 Å². The van der Waals surface area contributed by atoms with Crippen molar-refractivity contribution in [2.24, 2.45) is 0 Å². The second kappa shape index (κ2) is 8.42. The number of rotatable bonds is 9. The Morgan fingerprint density at radius 1 is 1.14 bits per heavy atom. The minimum Gasteiger partial charge on any atom is -0.485 e. The molecule has 2 aromatic rings.